The molecule has 0 unspecified atom stereocenters. The van der Waals surface area contributed by atoms with Crippen LogP contribution in [0.1, 0.15) is 12.6 Å². The summed E-state index contributed by atoms with van der Waals surface area (Å²) in [5.41, 5.74) is 1.17. The largest absolute Gasteiger partial charge is 0.466 e. The molecule has 0 fully saturated rings. The van der Waals surface area contributed by atoms with Crippen LogP contribution >= 0.6 is 0 Å². The number of rotatable bonds is 5. The smallest absolute Gasteiger partial charge is 0.312 e. The lowest BCUT2D eigenvalue weighted by Crippen LogP contribution is -2.07. The number of imidazole rings is 1. The average Bonchev–Trinajstić information content (AvgIpc) is 2.91. The predicted molar refractivity (Wildman–Crippen MR) is 86.1 cm³/mol. The Bertz CT molecular complexity index is 904. The van der Waals surface area contributed by atoms with E-state index in [1.807, 2.05) is 12.1 Å². The Morgan fingerprint density at radius 2 is 2.00 bits per heavy atom. The minimum atomic E-state index is -0.470. The number of aromatic nitrogens is 2. The number of carbonyl (C=O) groups is 1. The van der Waals surface area contributed by atoms with Gasteiger partial charge in [-0.3, -0.25) is 9.20 Å². The number of fused-ring (bicyclic) bond motifs is 1. The van der Waals surface area contributed by atoms with Crippen LogP contribution in [0.3, 0.4) is 0 Å². The molecule has 2 aromatic heterocycles. The first-order chi connectivity index (χ1) is 11.7. The van der Waals surface area contributed by atoms with Crippen LogP contribution in [0.5, 0.6) is 0 Å². The summed E-state index contributed by atoms with van der Waals surface area (Å²) >= 11 is 0. The zero-order valence-corrected chi connectivity index (χ0v) is 13.0. The van der Waals surface area contributed by atoms with Gasteiger partial charge in [0.05, 0.1) is 18.7 Å². The number of halogens is 1. The number of carbonyl (C=O) groups excluding carboxylic acids is 1. The molecule has 1 aromatic carbocycles. The minimum Gasteiger partial charge on any atom is -0.466 e. The summed E-state index contributed by atoms with van der Waals surface area (Å²) in [7, 11) is 0. The molecule has 0 aliphatic heterocycles. The van der Waals surface area contributed by atoms with Crippen molar-refractivity contribution in [2.24, 2.45) is 10.2 Å². The van der Waals surface area contributed by atoms with Crippen molar-refractivity contribution in [2.75, 3.05) is 6.61 Å². The van der Waals surface area contributed by atoms with Gasteiger partial charge in [0.2, 0.25) is 0 Å². The fourth-order valence-corrected chi connectivity index (χ4v) is 2.24. The lowest BCUT2D eigenvalue weighted by atomic mass is 10.3. The molecule has 0 atom stereocenters. The molecule has 0 saturated carbocycles. The number of nitrogens with zero attached hydrogens (tertiary/aromatic N) is 4. The summed E-state index contributed by atoms with van der Waals surface area (Å²) in [6.07, 6.45) is 1.73. The van der Waals surface area contributed by atoms with Gasteiger partial charge in [0.1, 0.15) is 11.3 Å². The second-order valence-electron chi connectivity index (χ2n) is 4.94. The summed E-state index contributed by atoms with van der Waals surface area (Å²) in [5.74, 6) is -0.493. The highest BCUT2D eigenvalue weighted by Gasteiger charge is 2.16. The maximum Gasteiger partial charge on any atom is 0.312 e. The Morgan fingerprint density at radius 3 is 2.79 bits per heavy atom. The fourth-order valence-electron chi connectivity index (χ4n) is 2.24. The fraction of sp³-hybridized carbons (Fsp3) is 0.176. The third-order valence-corrected chi connectivity index (χ3v) is 3.30. The summed E-state index contributed by atoms with van der Waals surface area (Å²) in [6, 6.07) is 11.5. The van der Waals surface area contributed by atoms with Crippen LogP contribution in [0, 0.1) is 5.82 Å². The van der Waals surface area contributed by atoms with E-state index in [1.165, 1.54) is 12.1 Å². The maximum absolute atomic E-state index is 13.7. The Morgan fingerprint density at radius 1 is 1.21 bits per heavy atom. The van der Waals surface area contributed by atoms with Gasteiger partial charge in [0.15, 0.2) is 11.6 Å². The van der Waals surface area contributed by atoms with Crippen molar-refractivity contribution in [3.8, 4) is 0 Å². The van der Waals surface area contributed by atoms with Crippen LogP contribution in [-0.4, -0.2) is 22.0 Å². The number of benzene rings is 1. The van der Waals surface area contributed by atoms with Gasteiger partial charge >= 0.3 is 5.97 Å². The van der Waals surface area contributed by atoms with E-state index >= 15 is 0 Å². The molecule has 0 saturated heterocycles. The van der Waals surface area contributed by atoms with E-state index in [2.05, 4.69) is 15.2 Å². The SMILES string of the molecule is CCOC(=O)Cc1nc2ccccn2c1N=Nc1ccccc1F. The molecule has 0 radical (unpaired) electrons. The van der Waals surface area contributed by atoms with E-state index in [0.717, 1.165) is 0 Å². The summed E-state index contributed by atoms with van der Waals surface area (Å²) in [5, 5.41) is 8.07. The highest BCUT2D eigenvalue weighted by molar-refractivity contribution is 5.74. The Balaban J connectivity index is 2.01. The lowest BCUT2D eigenvalue weighted by Gasteiger charge is -2.00. The van der Waals surface area contributed by atoms with E-state index in [1.54, 1.807) is 35.7 Å². The maximum atomic E-state index is 13.7. The molecule has 24 heavy (non-hydrogen) atoms. The van der Waals surface area contributed by atoms with E-state index < -0.39 is 11.8 Å². The van der Waals surface area contributed by atoms with Gasteiger partial charge in [-0.25, -0.2) is 9.37 Å². The first-order valence-electron chi connectivity index (χ1n) is 7.47. The predicted octanol–water partition coefficient (Wildman–Crippen LogP) is 3.99. The van der Waals surface area contributed by atoms with Crippen LogP contribution in [0.25, 0.3) is 5.65 Å². The van der Waals surface area contributed by atoms with E-state index in [9.17, 15) is 9.18 Å². The van der Waals surface area contributed by atoms with Crippen molar-refractivity contribution in [2.45, 2.75) is 13.3 Å². The number of esters is 1. The van der Waals surface area contributed by atoms with E-state index in [0.29, 0.717) is 17.2 Å². The summed E-state index contributed by atoms with van der Waals surface area (Å²) < 4.78 is 20.3. The van der Waals surface area contributed by atoms with Crippen LogP contribution in [0.2, 0.25) is 0 Å². The van der Waals surface area contributed by atoms with Crippen LogP contribution in [0.15, 0.2) is 58.9 Å². The molecule has 0 spiro atoms. The number of hydrogen-bond acceptors (Lipinski definition) is 5. The topological polar surface area (TPSA) is 68.3 Å². The van der Waals surface area contributed by atoms with Gasteiger partial charge in [-0.05, 0) is 31.2 Å². The summed E-state index contributed by atoms with van der Waals surface area (Å²) in [4.78, 5) is 16.2. The molecule has 3 aromatic rings. The molecule has 2 heterocycles. The molecular weight excluding hydrogens is 311 g/mol. The molecule has 122 valence electrons. The molecule has 3 rings (SSSR count). The molecule has 0 N–H and O–H groups in total. The monoisotopic (exact) mass is 326 g/mol. The zero-order valence-electron chi connectivity index (χ0n) is 13.0. The normalized spacial score (nSPS) is 11.2. The van der Waals surface area contributed by atoms with Crippen molar-refractivity contribution in [1.82, 2.24) is 9.38 Å². The Kier molecular flexibility index (Phi) is 4.60. The highest BCUT2D eigenvalue weighted by Crippen LogP contribution is 2.25. The number of ether oxygens (including phenoxy) is 1. The minimum absolute atomic E-state index is 0.0266. The third kappa shape index (κ3) is 3.29. The van der Waals surface area contributed by atoms with Gasteiger partial charge in [0, 0.05) is 6.20 Å². The van der Waals surface area contributed by atoms with Crippen LogP contribution < -0.4 is 0 Å². The average molecular weight is 326 g/mol. The van der Waals surface area contributed by atoms with E-state index in [4.69, 9.17) is 4.74 Å². The van der Waals surface area contributed by atoms with Crippen molar-refractivity contribution < 1.29 is 13.9 Å². The molecule has 0 aliphatic carbocycles. The molecule has 0 aliphatic rings. The van der Waals surface area contributed by atoms with Crippen LogP contribution in [-0.2, 0) is 16.0 Å². The molecular formula is C17H15FN4O2. The quantitative estimate of drug-likeness (QED) is 0.526. The third-order valence-electron chi connectivity index (χ3n) is 3.30. The van der Waals surface area contributed by atoms with Crippen molar-refractivity contribution >= 4 is 23.1 Å². The zero-order chi connectivity index (χ0) is 16.9. The first kappa shape index (κ1) is 15.8. The molecule has 0 bridgehead atoms. The second kappa shape index (κ2) is 6.99. The second-order valence-corrected chi connectivity index (χ2v) is 4.94. The van der Waals surface area contributed by atoms with Gasteiger partial charge in [-0.1, -0.05) is 18.2 Å². The van der Waals surface area contributed by atoms with Crippen LogP contribution in [0.4, 0.5) is 15.9 Å². The highest BCUT2D eigenvalue weighted by atomic mass is 19.1. The van der Waals surface area contributed by atoms with E-state index in [-0.39, 0.29) is 18.7 Å². The summed E-state index contributed by atoms with van der Waals surface area (Å²) in [6.45, 7) is 2.03. The van der Waals surface area contributed by atoms with Crippen molar-refractivity contribution in [1.29, 1.82) is 0 Å². The number of azo groups is 1. The Hall–Kier alpha value is -3.09. The first-order valence-corrected chi connectivity index (χ1v) is 7.47. The molecule has 6 nitrogen and oxygen atoms in total. The lowest BCUT2D eigenvalue weighted by molar-refractivity contribution is -0.142. The van der Waals surface area contributed by atoms with Crippen molar-refractivity contribution in [3.63, 3.8) is 0 Å². The Labute approximate surface area is 137 Å². The number of pyridine rings is 1. The van der Waals surface area contributed by atoms with Gasteiger partial charge in [-0.15, -0.1) is 10.2 Å². The van der Waals surface area contributed by atoms with Gasteiger partial charge in [0.25, 0.3) is 0 Å². The van der Waals surface area contributed by atoms with Gasteiger partial charge < -0.3 is 4.74 Å². The molecule has 7 heteroatoms. The van der Waals surface area contributed by atoms with Crippen molar-refractivity contribution in [3.05, 3.63) is 60.2 Å². The molecule has 0 amide bonds. The van der Waals surface area contributed by atoms with Gasteiger partial charge in [-0.2, -0.15) is 0 Å². The standard InChI is InChI=1S/C17H15FN4O2/c1-2-24-16(23)11-14-17(22-10-6-5-9-15(22)19-14)21-20-13-8-4-3-7-12(13)18/h3-10H,2,11H2,1H3. The number of hydrogen-bond donors (Lipinski definition) is 0.